The first-order valence-electron chi connectivity index (χ1n) is 12.2. The molecule has 0 bridgehead atoms. The summed E-state index contributed by atoms with van der Waals surface area (Å²) < 4.78 is 28.2. The number of hydrogen-bond acceptors (Lipinski definition) is 4. The first-order chi connectivity index (χ1) is 15.0. The Bertz CT molecular complexity index is 912. The predicted octanol–water partition coefficient (Wildman–Crippen LogP) is 2.71. The van der Waals surface area contributed by atoms with E-state index in [1.165, 1.54) is 31.2 Å². The van der Waals surface area contributed by atoms with Crippen LogP contribution in [0.5, 0.6) is 0 Å². The van der Waals surface area contributed by atoms with E-state index in [2.05, 4.69) is 10.2 Å². The minimum Gasteiger partial charge on any atom is -0.352 e. The molecule has 1 aromatic carbocycles. The molecule has 1 N–H and O–H groups in total. The Morgan fingerprint density at radius 3 is 2.23 bits per heavy atom. The van der Waals surface area contributed by atoms with Gasteiger partial charge >= 0.3 is 0 Å². The summed E-state index contributed by atoms with van der Waals surface area (Å²) in [5.74, 6) is 0.353. The Morgan fingerprint density at radius 1 is 0.871 bits per heavy atom. The van der Waals surface area contributed by atoms with Gasteiger partial charge in [0.15, 0.2) is 0 Å². The molecule has 3 aliphatic carbocycles. The number of carbonyl (C=O) groups is 1. The van der Waals surface area contributed by atoms with Crippen LogP contribution in [0.1, 0.15) is 62.5 Å². The second-order valence-electron chi connectivity index (χ2n) is 9.90. The van der Waals surface area contributed by atoms with Gasteiger partial charge in [-0.15, -0.1) is 0 Å². The van der Waals surface area contributed by atoms with Crippen molar-refractivity contribution in [3.8, 4) is 0 Å². The van der Waals surface area contributed by atoms with E-state index in [0.29, 0.717) is 24.0 Å². The van der Waals surface area contributed by atoms with Gasteiger partial charge in [0.05, 0.1) is 4.90 Å². The molecule has 1 atom stereocenters. The van der Waals surface area contributed by atoms with Crippen molar-refractivity contribution in [3.63, 3.8) is 0 Å². The van der Waals surface area contributed by atoms with E-state index in [9.17, 15) is 13.2 Å². The van der Waals surface area contributed by atoms with Crippen molar-refractivity contribution in [1.29, 1.82) is 0 Å². The number of sulfonamides is 1. The molecule has 0 radical (unpaired) electrons. The van der Waals surface area contributed by atoms with Gasteiger partial charge in [-0.05, 0) is 61.8 Å². The van der Waals surface area contributed by atoms with Crippen LogP contribution in [0.15, 0.2) is 23.1 Å². The Kier molecular flexibility index (Phi) is 6.10. The standard InChI is InChI=1S/C24H35N3O3S/c28-24(18-5-1-2-6-18)25-21-15-19-9-10-23(17-20(19)16-21)31(29,30)27-13-11-26(12-14-27)22-7-3-4-8-22/h9-10,17-18,21-22H,1-8,11-16H2,(H,25,28). The minimum absolute atomic E-state index is 0.0935. The lowest BCUT2D eigenvalue weighted by atomic mass is 10.1. The number of benzene rings is 1. The highest BCUT2D eigenvalue weighted by molar-refractivity contribution is 7.89. The van der Waals surface area contributed by atoms with Crippen LogP contribution in [-0.2, 0) is 27.7 Å². The van der Waals surface area contributed by atoms with Crippen LogP contribution in [0, 0.1) is 5.92 Å². The molecule has 1 aliphatic heterocycles. The molecule has 0 aromatic heterocycles. The quantitative estimate of drug-likeness (QED) is 0.757. The summed E-state index contributed by atoms with van der Waals surface area (Å²) in [5.41, 5.74) is 2.24. The summed E-state index contributed by atoms with van der Waals surface area (Å²) in [6.45, 7) is 2.83. The summed E-state index contributed by atoms with van der Waals surface area (Å²) in [7, 11) is -3.46. The van der Waals surface area contributed by atoms with E-state index in [-0.39, 0.29) is 17.9 Å². The van der Waals surface area contributed by atoms with E-state index in [1.54, 1.807) is 10.4 Å². The maximum atomic E-state index is 13.3. The van der Waals surface area contributed by atoms with Gasteiger partial charge in [0.1, 0.15) is 0 Å². The largest absolute Gasteiger partial charge is 0.352 e. The van der Waals surface area contributed by atoms with Crippen molar-refractivity contribution in [2.24, 2.45) is 5.92 Å². The van der Waals surface area contributed by atoms with Crippen LogP contribution in [-0.4, -0.2) is 61.8 Å². The van der Waals surface area contributed by atoms with Crippen molar-refractivity contribution < 1.29 is 13.2 Å². The highest BCUT2D eigenvalue weighted by Crippen LogP contribution is 2.30. The number of carbonyl (C=O) groups excluding carboxylic acids is 1. The summed E-state index contributed by atoms with van der Waals surface area (Å²) in [4.78, 5) is 15.4. The van der Waals surface area contributed by atoms with Crippen LogP contribution in [0.3, 0.4) is 0 Å². The smallest absolute Gasteiger partial charge is 0.243 e. The molecule has 0 spiro atoms. The normalized spacial score (nSPS) is 26.4. The zero-order valence-corrected chi connectivity index (χ0v) is 19.2. The first kappa shape index (κ1) is 21.4. The number of hydrogen-bond donors (Lipinski definition) is 1. The number of amides is 1. The molecule has 2 saturated carbocycles. The average Bonchev–Trinajstić information content (AvgIpc) is 3.54. The van der Waals surface area contributed by atoms with Crippen molar-refractivity contribution in [2.75, 3.05) is 26.2 Å². The Hall–Kier alpha value is -1.44. The summed E-state index contributed by atoms with van der Waals surface area (Å²) in [5, 5.41) is 3.22. The van der Waals surface area contributed by atoms with E-state index in [0.717, 1.165) is 57.2 Å². The summed E-state index contributed by atoms with van der Waals surface area (Å²) >= 11 is 0. The van der Waals surface area contributed by atoms with Crippen molar-refractivity contribution in [3.05, 3.63) is 29.3 Å². The zero-order valence-electron chi connectivity index (χ0n) is 18.4. The zero-order chi connectivity index (χ0) is 21.4. The molecule has 170 valence electrons. The molecule has 1 aromatic rings. The molecular formula is C24H35N3O3S. The predicted molar refractivity (Wildman–Crippen MR) is 120 cm³/mol. The molecule has 31 heavy (non-hydrogen) atoms. The van der Waals surface area contributed by atoms with Crippen LogP contribution in [0.25, 0.3) is 0 Å². The third-order valence-electron chi connectivity index (χ3n) is 7.93. The lowest BCUT2D eigenvalue weighted by Crippen LogP contribution is -2.51. The van der Waals surface area contributed by atoms with Gasteiger partial charge < -0.3 is 5.32 Å². The monoisotopic (exact) mass is 445 g/mol. The third-order valence-corrected chi connectivity index (χ3v) is 9.83. The van der Waals surface area contributed by atoms with Crippen LogP contribution >= 0.6 is 0 Å². The van der Waals surface area contributed by atoms with Gasteiger partial charge in [0, 0.05) is 44.2 Å². The third kappa shape index (κ3) is 4.41. The van der Waals surface area contributed by atoms with E-state index >= 15 is 0 Å². The fourth-order valence-electron chi connectivity index (χ4n) is 6.09. The fraction of sp³-hybridized carbons (Fsp3) is 0.708. The molecule has 4 aliphatic rings. The molecule has 3 fully saturated rings. The second-order valence-corrected chi connectivity index (χ2v) is 11.8. The Labute approximate surface area is 186 Å². The maximum Gasteiger partial charge on any atom is 0.243 e. The second kappa shape index (κ2) is 8.83. The Morgan fingerprint density at radius 2 is 1.52 bits per heavy atom. The van der Waals surface area contributed by atoms with Crippen LogP contribution < -0.4 is 5.32 Å². The first-order valence-corrected chi connectivity index (χ1v) is 13.6. The van der Waals surface area contributed by atoms with E-state index < -0.39 is 10.0 Å². The van der Waals surface area contributed by atoms with Crippen molar-refractivity contribution in [2.45, 2.75) is 81.2 Å². The number of rotatable bonds is 5. The van der Waals surface area contributed by atoms with Gasteiger partial charge in [-0.1, -0.05) is 31.7 Å². The van der Waals surface area contributed by atoms with Gasteiger partial charge in [0.25, 0.3) is 0 Å². The van der Waals surface area contributed by atoms with Crippen molar-refractivity contribution in [1.82, 2.24) is 14.5 Å². The van der Waals surface area contributed by atoms with Gasteiger partial charge in [-0.25, -0.2) is 8.42 Å². The van der Waals surface area contributed by atoms with Gasteiger partial charge in [-0.3, -0.25) is 9.69 Å². The number of nitrogens with one attached hydrogen (secondary N) is 1. The highest BCUT2D eigenvalue weighted by Gasteiger charge is 2.33. The van der Waals surface area contributed by atoms with Crippen LogP contribution in [0.2, 0.25) is 0 Å². The Balaban J connectivity index is 1.21. The number of fused-ring (bicyclic) bond motifs is 1. The average molecular weight is 446 g/mol. The fourth-order valence-corrected chi connectivity index (χ4v) is 7.56. The lowest BCUT2D eigenvalue weighted by molar-refractivity contribution is -0.125. The molecule has 7 heteroatoms. The molecule has 1 heterocycles. The molecule has 1 amide bonds. The SMILES string of the molecule is O=C(NC1Cc2ccc(S(=O)(=O)N3CCN(C4CCCC4)CC3)cc2C1)C1CCCC1. The highest BCUT2D eigenvalue weighted by atomic mass is 32.2. The molecule has 1 saturated heterocycles. The van der Waals surface area contributed by atoms with Crippen LogP contribution in [0.4, 0.5) is 0 Å². The van der Waals surface area contributed by atoms with Crippen molar-refractivity contribution >= 4 is 15.9 Å². The topological polar surface area (TPSA) is 69.7 Å². The minimum atomic E-state index is -3.46. The summed E-state index contributed by atoms with van der Waals surface area (Å²) in [6.07, 6.45) is 11.0. The van der Waals surface area contributed by atoms with E-state index in [1.807, 2.05) is 12.1 Å². The molecule has 6 nitrogen and oxygen atoms in total. The molecular weight excluding hydrogens is 410 g/mol. The maximum absolute atomic E-state index is 13.3. The van der Waals surface area contributed by atoms with Gasteiger partial charge in [-0.2, -0.15) is 4.31 Å². The molecule has 5 rings (SSSR count). The summed E-state index contributed by atoms with van der Waals surface area (Å²) in [6, 6.07) is 6.32. The number of piperazine rings is 1. The van der Waals surface area contributed by atoms with Gasteiger partial charge in [0.2, 0.25) is 15.9 Å². The lowest BCUT2D eigenvalue weighted by Gasteiger charge is -2.37. The van der Waals surface area contributed by atoms with E-state index in [4.69, 9.17) is 0 Å². The molecule has 1 unspecified atom stereocenters. The number of nitrogens with zero attached hydrogens (tertiary/aromatic N) is 2.